The second kappa shape index (κ2) is 11.7. The molecule has 3 aromatic heterocycles. The van der Waals surface area contributed by atoms with E-state index in [4.69, 9.17) is 19.4 Å². The first-order valence-corrected chi connectivity index (χ1v) is 17.7. The first-order valence-electron chi connectivity index (χ1n) is 17.7. The summed E-state index contributed by atoms with van der Waals surface area (Å²) in [6, 6.07) is 54.8. The van der Waals surface area contributed by atoms with Crippen molar-refractivity contribution in [2.75, 3.05) is 0 Å². The average molecular weight is 677 g/mol. The molecule has 0 amide bonds. The molecule has 0 N–H and O–H groups in total. The molecule has 0 aliphatic heterocycles. The molecule has 0 atom stereocenters. The zero-order valence-electron chi connectivity index (χ0n) is 28.4. The number of para-hydroxylation sites is 2. The largest absolute Gasteiger partial charge is 0.455 e. The van der Waals surface area contributed by atoms with Crippen LogP contribution in [0.25, 0.3) is 110 Å². The van der Waals surface area contributed by atoms with Crippen molar-refractivity contribution >= 4 is 65.0 Å². The molecule has 5 heteroatoms. The second-order valence-corrected chi connectivity index (χ2v) is 13.5. The third-order valence-corrected chi connectivity index (χ3v) is 10.4. The maximum atomic E-state index is 6.43. The Hall–Kier alpha value is -7.24. The minimum absolute atomic E-state index is 0.559. The zero-order chi connectivity index (χ0) is 34.9. The summed E-state index contributed by atoms with van der Waals surface area (Å²) in [6.07, 6.45) is 3.92. The molecule has 5 nitrogen and oxygen atoms in total. The van der Waals surface area contributed by atoms with E-state index < -0.39 is 0 Å². The summed E-state index contributed by atoms with van der Waals surface area (Å²) < 4.78 is 6.43. The SMILES string of the molecule is c1ccc2cc(-c3nc(-c4ccc(-c5cncc6ccc7c8ccccc8ccc7c56)cc4)nc(-c4cccc5c4oc4ccccc45)n3)ccc2c1. The van der Waals surface area contributed by atoms with Gasteiger partial charge < -0.3 is 4.42 Å². The van der Waals surface area contributed by atoms with Crippen LogP contribution in [-0.4, -0.2) is 19.9 Å². The highest BCUT2D eigenvalue weighted by Gasteiger charge is 2.18. The van der Waals surface area contributed by atoms with E-state index in [1.807, 2.05) is 42.7 Å². The molecule has 0 radical (unpaired) electrons. The van der Waals surface area contributed by atoms with Crippen molar-refractivity contribution in [2.24, 2.45) is 0 Å². The lowest BCUT2D eigenvalue weighted by Crippen LogP contribution is -2.00. The maximum Gasteiger partial charge on any atom is 0.167 e. The van der Waals surface area contributed by atoms with E-state index in [1.54, 1.807) is 0 Å². The molecule has 0 unspecified atom stereocenters. The van der Waals surface area contributed by atoms with Gasteiger partial charge in [-0.25, -0.2) is 15.0 Å². The van der Waals surface area contributed by atoms with E-state index in [1.165, 1.54) is 26.9 Å². The van der Waals surface area contributed by atoms with Crippen molar-refractivity contribution in [1.82, 2.24) is 19.9 Å². The lowest BCUT2D eigenvalue weighted by atomic mass is 9.93. The first-order chi connectivity index (χ1) is 26.2. The number of hydrogen-bond acceptors (Lipinski definition) is 5. The van der Waals surface area contributed by atoms with Gasteiger partial charge in [0.1, 0.15) is 11.2 Å². The van der Waals surface area contributed by atoms with Gasteiger partial charge in [0, 0.05) is 50.6 Å². The van der Waals surface area contributed by atoms with Gasteiger partial charge in [0.2, 0.25) is 0 Å². The minimum Gasteiger partial charge on any atom is -0.455 e. The third kappa shape index (κ3) is 4.79. The van der Waals surface area contributed by atoms with Crippen molar-refractivity contribution in [3.05, 3.63) is 170 Å². The average Bonchev–Trinajstić information content (AvgIpc) is 3.62. The van der Waals surface area contributed by atoms with Crippen LogP contribution in [0.4, 0.5) is 0 Å². The van der Waals surface area contributed by atoms with Crippen LogP contribution in [0, 0.1) is 0 Å². The Kier molecular flexibility index (Phi) is 6.48. The van der Waals surface area contributed by atoms with Crippen LogP contribution in [0.1, 0.15) is 0 Å². The van der Waals surface area contributed by atoms with Crippen LogP contribution >= 0.6 is 0 Å². The molecule has 3 heterocycles. The van der Waals surface area contributed by atoms with Gasteiger partial charge in [-0.15, -0.1) is 0 Å². The van der Waals surface area contributed by atoms with E-state index in [0.717, 1.165) is 65.9 Å². The second-order valence-electron chi connectivity index (χ2n) is 13.5. The summed E-state index contributed by atoms with van der Waals surface area (Å²) >= 11 is 0. The van der Waals surface area contributed by atoms with Crippen LogP contribution < -0.4 is 0 Å². The van der Waals surface area contributed by atoms with Crippen LogP contribution in [0.2, 0.25) is 0 Å². The van der Waals surface area contributed by atoms with E-state index in [-0.39, 0.29) is 0 Å². The fourth-order valence-corrected chi connectivity index (χ4v) is 7.79. The Morgan fingerprint density at radius 2 is 1.00 bits per heavy atom. The number of pyridine rings is 1. The topological polar surface area (TPSA) is 64.7 Å². The van der Waals surface area contributed by atoms with Crippen LogP contribution in [0.15, 0.2) is 175 Å². The summed E-state index contributed by atoms with van der Waals surface area (Å²) in [7, 11) is 0. The molecule has 0 aliphatic carbocycles. The number of benzene rings is 8. The predicted octanol–water partition coefficient (Wildman–Crippen LogP) is 12.4. The van der Waals surface area contributed by atoms with Gasteiger partial charge in [0.25, 0.3) is 0 Å². The molecular formula is C48H28N4O. The van der Waals surface area contributed by atoms with E-state index in [9.17, 15) is 0 Å². The monoisotopic (exact) mass is 676 g/mol. The number of furan rings is 1. The highest BCUT2D eigenvalue weighted by Crippen LogP contribution is 2.39. The van der Waals surface area contributed by atoms with Gasteiger partial charge in [-0.2, -0.15) is 0 Å². The summed E-state index contributed by atoms with van der Waals surface area (Å²) in [5.74, 6) is 1.75. The molecule has 11 rings (SSSR count). The van der Waals surface area contributed by atoms with E-state index >= 15 is 0 Å². The first kappa shape index (κ1) is 29.5. The molecule has 8 aromatic carbocycles. The Morgan fingerprint density at radius 3 is 1.89 bits per heavy atom. The van der Waals surface area contributed by atoms with Gasteiger partial charge in [0.05, 0.1) is 5.56 Å². The summed E-state index contributed by atoms with van der Waals surface area (Å²) in [5, 5.41) is 11.6. The molecule has 53 heavy (non-hydrogen) atoms. The number of rotatable bonds is 4. The molecule has 0 saturated heterocycles. The molecule has 0 aliphatic rings. The van der Waals surface area contributed by atoms with Crippen LogP contribution in [-0.2, 0) is 0 Å². The Bertz CT molecular complexity index is 3240. The highest BCUT2D eigenvalue weighted by molar-refractivity contribution is 6.20. The summed E-state index contributed by atoms with van der Waals surface area (Å²) in [6.45, 7) is 0. The van der Waals surface area contributed by atoms with Crippen LogP contribution in [0.3, 0.4) is 0 Å². The summed E-state index contributed by atoms with van der Waals surface area (Å²) in [4.78, 5) is 19.9. The standard InChI is InChI=1S/C48H28N4O/c1-2-10-33-26-34(21-16-29(33)8-1)47-50-46(51-48(52-47)41-14-7-13-40-38-12-5-6-15-43(38)53-45(40)41)32-19-17-31(18-20-32)42-28-49-27-35-23-24-37-36-11-4-3-9-30(36)22-25-39(37)44(35)42/h1-28H. The van der Waals surface area contributed by atoms with Gasteiger partial charge in [-0.1, -0.05) is 140 Å². The van der Waals surface area contributed by atoms with Gasteiger partial charge in [0.15, 0.2) is 17.5 Å². The van der Waals surface area contributed by atoms with Crippen molar-refractivity contribution in [3.8, 4) is 45.3 Å². The fourth-order valence-electron chi connectivity index (χ4n) is 7.79. The molecule has 246 valence electrons. The van der Waals surface area contributed by atoms with Crippen molar-refractivity contribution < 1.29 is 4.42 Å². The van der Waals surface area contributed by atoms with E-state index in [0.29, 0.717) is 17.5 Å². The van der Waals surface area contributed by atoms with Crippen molar-refractivity contribution in [3.63, 3.8) is 0 Å². The van der Waals surface area contributed by atoms with Gasteiger partial charge >= 0.3 is 0 Å². The summed E-state index contributed by atoms with van der Waals surface area (Å²) in [5.41, 5.74) is 6.38. The van der Waals surface area contributed by atoms with Crippen molar-refractivity contribution in [2.45, 2.75) is 0 Å². The normalized spacial score (nSPS) is 11.8. The van der Waals surface area contributed by atoms with Gasteiger partial charge in [-0.05, 0) is 56.1 Å². The van der Waals surface area contributed by atoms with E-state index in [2.05, 4.69) is 132 Å². The smallest absolute Gasteiger partial charge is 0.167 e. The number of nitrogens with zero attached hydrogens (tertiary/aromatic N) is 4. The zero-order valence-corrected chi connectivity index (χ0v) is 28.4. The number of hydrogen-bond donors (Lipinski definition) is 0. The van der Waals surface area contributed by atoms with Crippen LogP contribution in [0.5, 0.6) is 0 Å². The Morgan fingerprint density at radius 1 is 0.358 bits per heavy atom. The number of aromatic nitrogens is 4. The maximum absolute atomic E-state index is 6.43. The minimum atomic E-state index is 0.559. The molecule has 11 aromatic rings. The molecule has 0 bridgehead atoms. The quantitative estimate of drug-likeness (QED) is 0.174. The highest BCUT2D eigenvalue weighted by atomic mass is 16.3. The third-order valence-electron chi connectivity index (χ3n) is 10.4. The molecule has 0 spiro atoms. The molecule has 0 fully saturated rings. The lowest BCUT2D eigenvalue weighted by Gasteiger charge is -2.12. The number of fused-ring (bicyclic) bond motifs is 9. The van der Waals surface area contributed by atoms with Crippen molar-refractivity contribution in [1.29, 1.82) is 0 Å². The molecular weight excluding hydrogens is 649 g/mol. The Balaban J connectivity index is 1.08. The molecule has 0 saturated carbocycles. The lowest BCUT2D eigenvalue weighted by molar-refractivity contribution is 0.669. The Labute approximate surface area is 303 Å². The fraction of sp³-hybridized carbons (Fsp3) is 0. The predicted molar refractivity (Wildman–Crippen MR) is 217 cm³/mol. The van der Waals surface area contributed by atoms with Gasteiger partial charge in [-0.3, -0.25) is 4.98 Å².